The Bertz CT molecular complexity index is 345. The van der Waals surface area contributed by atoms with Gasteiger partial charge < -0.3 is 5.11 Å². The number of carboxylic acids is 1. The van der Waals surface area contributed by atoms with E-state index in [1.54, 1.807) is 11.1 Å². The van der Waals surface area contributed by atoms with Crippen molar-refractivity contribution in [1.29, 1.82) is 5.26 Å². The van der Waals surface area contributed by atoms with Gasteiger partial charge in [0, 0.05) is 11.9 Å². The molecule has 6 heteroatoms. The molecule has 0 unspecified atom stereocenters. The number of carbonyl (C=O) groups is 1. The van der Waals surface area contributed by atoms with E-state index in [1.165, 1.54) is 6.92 Å². The molecule has 1 N–H and O–H groups in total. The Morgan fingerprint density at radius 1 is 1.50 bits per heavy atom. The summed E-state index contributed by atoms with van der Waals surface area (Å²) in [6.45, 7) is 2.58. The van der Waals surface area contributed by atoms with Gasteiger partial charge in [0.25, 0.3) is 10.3 Å². The average Bonchev–Trinajstić information content (AvgIpc) is 1.87. The largest absolute Gasteiger partial charge is 0.477 e. The van der Waals surface area contributed by atoms with E-state index >= 15 is 0 Å². The van der Waals surface area contributed by atoms with E-state index in [0.717, 1.165) is 6.92 Å². The van der Waals surface area contributed by atoms with E-state index < -0.39 is 16.3 Å². The molecule has 0 saturated heterocycles. The molecule has 0 aliphatic rings. The third kappa shape index (κ3) is 11.3. The molecular weight excluding hydrogens is 182 g/mol. The maximum atomic E-state index is 9.86. The van der Waals surface area contributed by atoms with Gasteiger partial charge in [-0.05, 0) is 6.92 Å². The second kappa shape index (κ2) is 7.54. The second-order valence-electron chi connectivity index (χ2n) is 1.49. The van der Waals surface area contributed by atoms with Crippen molar-refractivity contribution in [2.75, 3.05) is 0 Å². The van der Waals surface area contributed by atoms with Crippen LogP contribution in [-0.2, 0) is 15.1 Å². The lowest BCUT2D eigenvalue weighted by Gasteiger charge is -1.78. The molecule has 0 aromatic rings. The first-order chi connectivity index (χ1) is 5.45. The minimum atomic E-state index is -2.53. The summed E-state index contributed by atoms with van der Waals surface area (Å²) in [7, 11) is -2.53. The zero-order valence-corrected chi connectivity index (χ0v) is 7.34. The molecule has 0 aliphatic carbocycles. The van der Waals surface area contributed by atoms with Crippen molar-refractivity contribution in [3.8, 4) is 6.07 Å². The molecular formula is C6H7NO4S. The fourth-order valence-electron chi connectivity index (χ4n) is 0.169. The highest BCUT2D eigenvalue weighted by Crippen LogP contribution is 1.80. The van der Waals surface area contributed by atoms with E-state index in [1.807, 2.05) is 0 Å². The lowest BCUT2D eigenvalue weighted by atomic mass is 10.4. The molecule has 0 aliphatic heterocycles. The highest BCUT2D eigenvalue weighted by atomic mass is 32.2. The highest BCUT2D eigenvalue weighted by Gasteiger charge is 1.96. The van der Waals surface area contributed by atoms with Crippen LogP contribution in [0.3, 0.4) is 0 Å². The fourth-order valence-corrected chi connectivity index (χ4v) is 0.506. The quantitative estimate of drug-likeness (QED) is 0.456. The molecule has 0 heterocycles. The van der Waals surface area contributed by atoms with Gasteiger partial charge in [0.1, 0.15) is 0 Å². The second-order valence-corrected chi connectivity index (χ2v) is 2.16. The van der Waals surface area contributed by atoms with Crippen LogP contribution < -0.4 is 0 Å². The number of nitrogens with zero attached hydrogens (tertiary/aromatic N) is 1. The Morgan fingerprint density at radius 2 is 1.83 bits per heavy atom. The lowest BCUT2D eigenvalue weighted by Crippen LogP contribution is -1.95. The minimum absolute atomic E-state index is 0.316. The number of aliphatic carboxylic acids is 1. The van der Waals surface area contributed by atoms with Crippen molar-refractivity contribution >= 4 is 21.3 Å². The van der Waals surface area contributed by atoms with Crippen LogP contribution in [-0.4, -0.2) is 24.5 Å². The van der Waals surface area contributed by atoms with Crippen molar-refractivity contribution in [1.82, 2.24) is 0 Å². The van der Waals surface area contributed by atoms with Gasteiger partial charge in [0.05, 0.1) is 11.6 Å². The third-order valence-corrected chi connectivity index (χ3v) is 1.03. The SMILES string of the molecule is CC#N.CC(=C=S(=O)=O)C(=O)O. The van der Waals surface area contributed by atoms with Crippen molar-refractivity contribution in [3.05, 3.63) is 5.57 Å². The van der Waals surface area contributed by atoms with Crippen LogP contribution in [0.4, 0.5) is 0 Å². The zero-order valence-electron chi connectivity index (χ0n) is 6.53. The van der Waals surface area contributed by atoms with E-state index in [0.29, 0.717) is 0 Å². The molecule has 0 rings (SSSR count). The van der Waals surface area contributed by atoms with E-state index in [-0.39, 0.29) is 5.57 Å². The van der Waals surface area contributed by atoms with Gasteiger partial charge in [-0.15, -0.1) is 0 Å². The van der Waals surface area contributed by atoms with Gasteiger partial charge in [-0.3, -0.25) is 0 Å². The fraction of sp³-hybridized carbons (Fsp3) is 0.333. The summed E-state index contributed by atoms with van der Waals surface area (Å²) in [6, 6.07) is 1.75. The Labute approximate surface area is 71.1 Å². The van der Waals surface area contributed by atoms with E-state index in [4.69, 9.17) is 10.4 Å². The first kappa shape index (κ1) is 13.1. The van der Waals surface area contributed by atoms with Gasteiger partial charge >= 0.3 is 5.97 Å². The van der Waals surface area contributed by atoms with Gasteiger partial charge in [-0.2, -0.15) is 13.7 Å². The highest BCUT2D eigenvalue weighted by molar-refractivity contribution is 7.71. The van der Waals surface area contributed by atoms with Crippen LogP contribution in [0.2, 0.25) is 0 Å². The van der Waals surface area contributed by atoms with Crippen LogP contribution in [0.1, 0.15) is 13.8 Å². The normalized spacial score (nSPS) is 6.42. The summed E-state index contributed by atoms with van der Waals surface area (Å²) < 4.78 is 19.4. The van der Waals surface area contributed by atoms with Crippen molar-refractivity contribution in [3.63, 3.8) is 0 Å². The summed E-state index contributed by atoms with van der Waals surface area (Å²) in [5, 5.41) is 17.1. The Hall–Kier alpha value is -1.57. The molecule has 12 heavy (non-hydrogen) atoms. The maximum absolute atomic E-state index is 9.86. The van der Waals surface area contributed by atoms with Crippen LogP contribution in [0.15, 0.2) is 5.57 Å². The third-order valence-electron chi connectivity index (χ3n) is 0.557. The average molecular weight is 189 g/mol. The molecule has 0 aromatic carbocycles. The number of carboxylic acid groups (broad SMARTS) is 1. The van der Waals surface area contributed by atoms with Crippen LogP contribution >= 0.6 is 0 Å². The van der Waals surface area contributed by atoms with Crippen LogP contribution in [0.25, 0.3) is 0 Å². The molecule has 0 atom stereocenters. The van der Waals surface area contributed by atoms with E-state index in [2.05, 4.69) is 0 Å². The molecule has 0 aromatic heterocycles. The van der Waals surface area contributed by atoms with Gasteiger partial charge in [0.15, 0.2) is 0 Å². The molecule has 0 radical (unpaired) electrons. The van der Waals surface area contributed by atoms with Gasteiger partial charge in [-0.25, -0.2) is 4.79 Å². The summed E-state index contributed by atoms with van der Waals surface area (Å²) in [4.78, 5) is 9.86. The van der Waals surface area contributed by atoms with Gasteiger partial charge in [0.2, 0.25) is 0 Å². The van der Waals surface area contributed by atoms with E-state index in [9.17, 15) is 13.2 Å². The monoisotopic (exact) mass is 189 g/mol. The predicted octanol–water partition coefficient (Wildman–Crippen LogP) is -0.173. The number of nitriles is 1. The molecule has 0 amide bonds. The Balaban J connectivity index is 0. The van der Waals surface area contributed by atoms with Crippen molar-refractivity contribution in [2.45, 2.75) is 13.8 Å². The Morgan fingerprint density at radius 3 is 1.92 bits per heavy atom. The lowest BCUT2D eigenvalue weighted by molar-refractivity contribution is -0.132. The zero-order chi connectivity index (χ0) is 10.1. The van der Waals surface area contributed by atoms with Gasteiger partial charge in [-0.1, -0.05) is 0 Å². The molecule has 66 valence electrons. The minimum Gasteiger partial charge on any atom is -0.477 e. The molecule has 5 nitrogen and oxygen atoms in total. The van der Waals surface area contributed by atoms with Crippen LogP contribution in [0, 0.1) is 11.3 Å². The maximum Gasteiger partial charge on any atom is 0.340 e. The Kier molecular flexibility index (Phi) is 8.20. The summed E-state index contributed by atoms with van der Waals surface area (Å²) in [6.07, 6.45) is 0. The number of rotatable bonds is 1. The van der Waals surface area contributed by atoms with Crippen molar-refractivity contribution in [2.24, 2.45) is 0 Å². The smallest absolute Gasteiger partial charge is 0.340 e. The first-order valence-electron chi connectivity index (χ1n) is 2.69. The summed E-state index contributed by atoms with van der Waals surface area (Å²) >= 11 is 0. The first-order valence-corrected chi connectivity index (χ1v) is 3.76. The standard InChI is InChI=1S/C4H4O4S.C2H3N/c1-3(4(5)6)2-9(7)8;1-2-3/h1H3,(H,5,6);1H3. The number of hydrogen-bond acceptors (Lipinski definition) is 4. The molecule has 0 spiro atoms. The van der Waals surface area contributed by atoms with Crippen molar-refractivity contribution < 1.29 is 18.3 Å². The predicted molar refractivity (Wildman–Crippen MR) is 42.0 cm³/mol. The molecule has 0 fully saturated rings. The molecule has 0 saturated carbocycles. The summed E-state index contributed by atoms with van der Waals surface area (Å²) in [5.74, 6) is -1.28. The number of hydrogen-bond donors (Lipinski definition) is 1. The van der Waals surface area contributed by atoms with Crippen LogP contribution in [0.5, 0.6) is 0 Å². The summed E-state index contributed by atoms with van der Waals surface area (Å²) in [5.41, 5.74) is -0.316. The topological polar surface area (TPSA) is 95.2 Å². The molecule has 0 bridgehead atoms.